The Morgan fingerprint density at radius 3 is 2.56 bits per heavy atom. The number of hydrogen-bond donors (Lipinski definition) is 1. The highest BCUT2D eigenvalue weighted by atomic mass is 19.1. The lowest BCUT2D eigenvalue weighted by Crippen LogP contribution is -3.13. The van der Waals surface area contributed by atoms with Gasteiger partial charge in [-0.2, -0.15) is 0 Å². The Hall–Kier alpha value is -2.40. The number of aryl methyl sites for hydroxylation is 1. The lowest BCUT2D eigenvalue weighted by molar-refractivity contribution is -0.917. The molecule has 1 heterocycles. The highest BCUT2D eigenvalue weighted by molar-refractivity contribution is 5.77. The van der Waals surface area contributed by atoms with Crippen LogP contribution in [0.2, 0.25) is 0 Å². The normalized spacial score (nSPS) is 15.2. The van der Waals surface area contributed by atoms with Gasteiger partial charge in [-0.15, -0.1) is 0 Å². The third-order valence-electron chi connectivity index (χ3n) is 4.55. The van der Waals surface area contributed by atoms with Gasteiger partial charge in [0.25, 0.3) is 5.91 Å². The van der Waals surface area contributed by atoms with Gasteiger partial charge in [-0.3, -0.25) is 4.79 Å². The molecule has 1 saturated heterocycles. The summed E-state index contributed by atoms with van der Waals surface area (Å²) in [7, 11) is 0. The van der Waals surface area contributed by atoms with E-state index in [0.29, 0.717) is 18.8 Å². The number of rotatable bonds is 5. The lowest BCUT2D eigenvalue weighted by Gasteiger charge is -2.32. The van der Waals surface area contributed by atoms with E-state index in [0.717, 1.165) is 30.8 Å². The van der Waals surface area contributed by atoms with Crippen LogP contribution in [0.3, 0.4) is 0 Å². The van der Waals surface area contributed by atoms with Gasteiger partial charge in [0.05, 0.1) is 26.2 Å². The first-order chi connectivity index (χ1) is 12.1. The van der Waals surface area contributed by atoms with Gasteiger partial charge in [-0.25, -0.2) is 4.39 Å². The van der Waals surface area contributed by atoms with Crippen LogP contribution in [0, 0.1) is 12.7 Å². The highest BCUT2D eigenvalue weighted by Gasteiger charge is 2.24. The molecule has 0 atom stereocenters. The number of halogens is 1. The summed E-state index contributed by atoms with van der Waals surface area (Å²) < 4.78 is 18.8. The lowest BCUT2D eigenvalue weighted by atomic mass is 10.2. The predicted octanol–water partition coefficient (Wildman–Crippen LogP) is 1.44. The average molecular weight is 343 g/mol. The average Bonchev–Trinajstić information content (AvgIpc) is 2.62. The third-order valence-corrected chi connectivity index (χ3v) is 4.55. The Labute approximate surface area is 147 Å². The number of amides is 1. The molecule has 25 heavy (non-hydrogen) atoms. The first kappa shape index (κ1) is 17.4. The van der Waals surface area contributed by atoms with E-state index in [2.05, 4.69) is 0 Å². The monoisotopic (exact) mass is 343 g/mol. The number of piperazine rings is 1. The quantitative estimate of drug-likeness (QED) is 0.891. The van der Waals surface area contributed by atoms with Crippen LogP contribution in [0.15, 0.2) is 48.5 Å². The summed E-state index contributed by atoms with van der Waals surface area (Å²) >= 11 is 0. The van der Waals surface area contributed by atoms with Gasteiger partial charge in [-0.05, 0) is 31.2 Å². The minimum atomic E-state index is -0.195. The molecule has 1 amide bonds. The van der Waals surface area contributed by atoms with Crippen LogP contribution in [0.25, 0.3) is 0 Å². The van der Waals surface area contributed by atoms with E-state index >= 15 is 0 Å². The molecule has 0 spiro atoms. The fourth-order valence-corrected chi connectivity index (χ4v) is 3.06. The maximum Gasteiger partial charge on any atom is 0.260 e. The van der Waals surface area contributed by atoms with Crippen molar-refractivity contribution in [2.45, 2.75) is 13.5 Å². The van der Waals surface area contributed by atoms with Crippen molar-refractivity contribution in [3.8, 4) is 5.75 Å². The number of benzene rings is 2. The standard InChI is InChI=1S/C20H23FN2O2/c1-16-5-7-19(8-6-16)25-15-20(24)23-11-9-22(10-12-23)14-17-3-2-4-18(21)13-17/h2-8,13H,9-12,14-15H2,1H3/p+1. The summed E-state index contributed by atoms with van der Waals surface area (Å²) in [6.07, 6.45) is 0. The van der Waals surface area contributed by atoms with Crippen LogP contribution in [-0.4, -0.2) is 43.6 Å². The zero-order chi connectivity index (χ0) is 17.6. The molecule has 0 saturated carbocycles. The molecular formula is C20H24FN2O2+. The smallest absolute Gasteiger partial charge is 0.260 e. The number of quaternary nitrogens is 1. The van der Waals surface area contributed by atoms with Gasteiger partial charge >= 0.3 is 0 Å². The molecule has 1 fully saturated rings. The van der Waals surface area contributed by atoms with Crippen molar-refractivity contribution >= 4 is 5.91 Å². The molecule has 4 nitrogen and oxygen atoms in total. The maximum atomic E-state index is 13.3. The molecular weight excluding hydrogens is 319 g/mol. The highest BCUT2D eigenvalue weighted by Crippen LogP contribution is 2.11. The second-order valence-electron chi connectivity index (χ2n) is 6.54. The van der Waals surface area contributed by atoms with Crippen molar-refractivity contribution in [3.63, 3.8) is 0 Å². The predicted molar refractivity (Wildman–Crippen MR) is 94.1 cm³/mol. The van der Waals surface area contributed by atoms with Crippen molar-refractivity contribution < 1.29 is 18.8 Å². The summed E-state index contributed by atoms with van der Waals surface area (Å²) in [6, 6.07) is 14.4. The second kappa shape index (κ2) is 8.12. The first-order valence-electron chi connectivity index (χ1n) is 8.65. The molecule has 3 rings (SSSR count). The van der Waals surface area contributed by atoms with Crippen molar-refractivity contribution in [1.29, 1.82) is 0 Å². The number of carbonyl (C=O) groups excluding carboxylic acids is 1. The SMILES string of the molecule is Cc1ccc(OCC(=O)N2CC[NH+](Cc3cccc(F)c3)CC2)cc1. The third kappa shape index (κ3) is 5.03. The van der Waals surface area contributed by atoms with Crippen molar-refractivity contribution in [1.82, 2.24) is 4.90 Å². The van der Waals surface area contributed by atoms with Crippen LogP contribution < -0.4 is 9.64 Å². The van der Waals surface area contributed by atoms with E-state index in [1.54, 1.807) is 12.1 Å². The molecule has 1 aliphatic rings. The van der Waals surface area contributed by atoms with Gasteiger partial charge in [0.1, 0.15) is 18.1 Å². The summed E-state index contributed by atoms with van der Waals surface area (Å²) in [5.41, 5.74) is 2.16. The number of carbonyl (C=O) groups is 1. The summed E-state index contributed by atoms with van der Waals surface area (Å²) in [5.74, 6) is 0.540. The molecule has 0 radical (unpaired) electrons. The fraction of sp³-hybridized carbons (Fsp3) is 0.350. The van der Waals surface area contributed by atoms with Gasteiger partial charge in [0, 0.05) is 5.56 Å². The van der Waals surface area contributed by atoms with Crippen molar-refractivity contribution in [2.24, 2.45) is 0 Å². The van der Waals surface area contributed by atoms with Crippen LogP contribution in [0.5, 0.6) is 5.75 Å². The topological polar surface area (TPSA) is 34.0 Å². The Morgan fingerprint density at radius 1 is 1.16 bits per heavy atom. The molecule has 2 aromatic carbocycles. The minimum Gasteiger partial charge on any atom is -0.484 e. The van der Waals surface area contributed by atoms with Gasteiger partial charge in [0.15, 0.2) is 6.61 Å². The zero-order valence-electron chi connectivity index (χ0n) is 14.5. The molecule has 0 unspecified atom stereocenters. The molecule has 2 aromatic rings. The van der Waals surface area contributed by atoms with Crippen LogP contribution >= 0.6 is 0 Å². The number of hydrogen-bond acceptors (Lipinski definition) is 2. The van der Waals surface area contributed by atoms with Crippen LogP contribution in [0.1, 0.15) is 11.1 Å². The van der Waals surface area contributed by atoms with Gasteiger partial charge < -0.3 is 14.5 Å². The molecule has 132 valence electrons. The Balaban J connectivity index is 1.43. The molecule has 1 aliphatic heterocycles. The fourth-order valence-electron chi connectivity index (χ4n) is 3.06. The number of nitrogens with zero attached hydrogens (tertiary/aromatic N) is 1. The van der Waals surface area contributed by atoms with E-state index < -0.39 is 0 Å². The Bertz CT molecular complexity index is 710. The van der Waals surface area contributed by atoms with E-state index in [1.807, 2.05) is 42.2 Å². The summed E-state index contributed by atoms with van der Waals surface area (Å²) in [4.78, 5) is 15.5. The zero-order valence-corrected chi connectivity index (χ0v) is 14.5. The summed E-state index contributed by atoms with van der Waals surface area (Å²) in [5, 5.41) is 0. The van der Waals surface area contributed by atoms with Crippen LogP contribution in [0.4, 0.5) is 4.39 Å². The van der Waals surface area contributed by atoms with Crippen LogP contribution in [-0.2, 0) is 11.3 Å². The van der Waals surface area contributed by atoms with Gasteiger partial charge in [0.2, 0.25) is 0 Å². The van der Waals surface area contributed by atoms with E-state index in [4.69, 9.17) is 4.74 Å². The van der Waals surface area contributed by atoms with E-state index in [-0.39, 0.29) is 18.3 Å². The molecule has 0 bridgehead atoms. The second-order valence-corrected chi connectivity index (χ2v) is 6.54. The molecule has 5 heteroatoms. The molecule has 1 N–H and O–H groups in total. The first-order valence-corrected chi connectivity index (χ1v) is 8.65. The minimum absolute atomic E-state index is 0.0189. The van der Waals surface area contributed by atoms with Gasteiger partial charge in [-0.1, -0.05) is 29.8 Å². The van der Waals surface area contributed by atoms with Crippen molar-refractivity contribution in [2.75, 3.05) is 32.8 Å². The van der Waals surface area contributed by atoms with E-state index in [1.165, 1.54) is 11.0 Å². The Morgan fingerprint density at radius 2 is 1.88 bits per heavy atom. The number of ether oxygens (including phenoxy) is 1. The number of nitrogens with one attached hydrogen (secondary N) is 1. The Kier molecular flexibility index (Phi) is 5.66. The molecule has 0 aliphatic carbocycles. The summed E-state index contributed by atoms with van der Waals surface area (Å²) in [6.45, 7) is 6.03. The largest absolute Gasteiger partial charge is 0.484 e. The van der Waals surface area contributed by atoms with Crippen molar-refractivity contribution in [3.05, 3.63) is 65.5 Å². The maximum absolute atomic E-state index is 13.3. The van der Waals surface area contributed by atoms with E-state index in [9.17, 15) is 9.18 Å². The molecule has 0 aromatic heterocycles.